The molecule has 0 amide bonds. The zero-order valence-electron chi connectivity index (χ0n) is 13.2. The molecule has 0 fully saturated rings. The largest absolute Gasteiger partial charge is 0.495 e. The van der Waals surface area contributed by atoms with Crippen LogP contribution < -0.4 is 10.1 Å². The minimum atomic E-state index is -3.25. The van der Waals surface area contributed by atoms with E-state index in [1.54, 1.807) is 33.1 Å². The molecule has 0 aliphatic rings. The minimum Gasteiger partial charge on any atom is -0.495 e. The van der Waals surface area contributed by atoms with Crippen molar-refractivity contribution in [2.24, 2.45) is 0 Å². The Morgan fingerprint density at radius 3 is 2.48 bits per heavy atom. The Morgan fingerprint density at radius 2 is 2.00 bits per heavy atom. The summed E-state index contributed by atoms with van der Waals surface area (Å²) in [4.78, 5) is 0. The molecule has 0 spiro atoms. The van der Waals surface area contributed by atoms with E-state index in [0.717, 1.165) is 18.5 Å². The number of hydrogen-bond donors (Lipinski definition) is 1. The SMILES string of the molecule is CCCNC(c1ccc(Cl)c(OC)c1)C(C)(C)S(C)(=O)=O. The third-order valence-electron chi connectivity index (χ3n) is 3.76. The highest BCUT2D eigenvalue weighted by Gasteiger charge is 2.39. The number of hydrogen-bond acceptors (Lipinski definition) is 4. The van der Waals surface area contributed by atoms with Gasteiger partial charge in [0.1, 0.15) is 5.75 Å². The number of halogens is 1. The van der Waals surface area contributed by atoms with Crippen molar-refractivity contribution in [3.63, 3.8) is 0 Å². The number of methoxy groups -OCH3 is 1. The van der Waals surface area contributed by atoms with E-state index in [2.05, 4.69) is 5.32 Å². The molecule has 1 rings (SSSR count). The van der Waals surface area contributed by atoms with Crippen LogP contribution in [0.1, 0.15) is 38.8 Å². The van der Waals surface area contributed by atoms with Crippen molar-refractivity contribution in [1.29, 1.82) is 0 Å². The summed E-state index contributed by atoms with van der Waals surface area (Å²) in [5, 5.41) is 3.83. The van der Waals surface area contributed by atoms with E-state index in [1.807, 2.05) is 13.0 Å². The lowest BCUT2D eigenvalue weighted by Crippen LogP contribution is -2.45. The molecule has 0 bridgehead atoms. The van der Waals surface area contributed by atoms with Crippen LogP contribution in [0.2, 0.25) is 5.02 Å². The zero-order valence-corrected chi connectivity index (χ0v) is 14.8. The molecule has 0 aliphatic carbocycles. The van der Waals surface area contributed by atoms with Crippen molar-refractivity contribution in [2.45, 2.75) is 38.0 Å². The Bertz CT molecular complexity index is 585. The van der Waals surface area contributed by atoms with Crippen molar-refractivity contribution in [3.05, 3.63) is 28.8 Å². The van der Waals surface area contributed by atoms with Gasteiger partial charge in [0, 0.05) is 6.26 Å². The first-order valence-electron chi connectivity index (χ1n) is 6.91. The molecule has 120 valence electrons. The summed E-state index contributed by atoms with van der Waals surface area (Å²) in [5.41, 5.74) is 0.847. The van der Waals surface area contributed by atoms with E-state index < -0.39 is 14.6 Å². The van der Waals surface area contributed by atoms with Crippen LogP contribution in [-0.2, 0) is 9.84 Å². The van der Waals surface area contributed by atoms with Crippen molar-refractivity contribution in [2.75, 3.05) is 19.9 Å². The molecule has 1 atom stereocenters. The van der Waals surface area contributed by atoms with Crippen molar-refractivity contribution in [1.82, 2.24) is 5.32 Å². The van der Waals surface area contributed by atoms with Crippen molar-refractivity contribution >= 4 is 21.4 Å². The van der Waals surface area contributed by atoms with Gasteiger partial charge in [0.15, 0.2) is 9.84 Å². The predicted octanol–water partition coefficient (Wildman–Crippen LogP) is 3.21. The maximum Gasteiger partial charge on any atom is 0.154 e. The summed E-state index contributed by atoms with van der Waals surface area (Å²) in [6, 6.07) is 5.03. The second kappa shape index (κ2) is 6.99. The monoisotopic (exact) mass is 333 g/mol. The molecule has 0 saturated carbocycles. The maximum absolute atomic E-state index is 12.2. The third kappa shape index (κ3) is 4.11. The second-order valence-electron chi connectivity index (χ2n) is 5.66. The Kier molecular flexibility index (Phi) is 6.08. The van der Waals surface area contributed by atoms with E-state index in [1.165, 1.54) is 6.26 Å². The van der Waals surface area contributed by atoms with Crippen LogP contribution >= 0.6 is 11.6 Å². The molecule has 0 radical (unpaired) electrons. The van der Waals surface area contributed by atoms with Gasteiger partial charge in [-0.05, 0) is 44.5 Å². The molecule has 0 saturated heterocycles. The molecule has 1 N–H and O–H groups in total. The minimum absolute atomic E-state index is 0.335. The lowest BCUT2D eigenvalue weighted by atomic mass is 9.94. The molecule has 4 nitrogen and oxygen atoms in total. The number of rotatable bonds is 7. The van der Waals surface area contributed by atoms with E-state index in [0.29, 0.717) is 10.8 Å². The van der Waals surface area contributed by atoms with Crippen molar-refractivity contribution < 1.29 is 13.2 Å². The van der Waals surface area contributed by atoms with Crippen LogP contribution in [0.4, 0.5) is 0 Å². The third-order valence-corrected chi connectivity index (χ3v) is 6.22. The lowest BCUT2D eigenvalue weighted by Gasteiger charge is -2.34. The molecule has 0 heterocycles. The average molecular weight is 334 g/mol. The highest BCUT2D eigenvalue weighted by Crippen LogP contribution is 2.35. The summed E-state index contributed by atoms with van der Waals surface area (Å²) in [6.45, 7) is 6.24. The predicted molar refractivity (Wildman–Crippen MR) is 88.0 cm³/mol. The first-order valence-corrected chi connectivity index (χ1v) is 9.18. The molecule has 1 aromatic carbocycles. The smallest absolute Gasteiger partial charge is 0.154 e. The Labute approximate surface area is 132 Å². The van der Waals surface area contributed by atoms with Crippen LogP contribution in [0.5, 0.6) is 5.75 Å². The number of nitrogens with one attached hydrogen (secondary N) is 1. The van der Waals surface area contributed by atoms with Crippen molar-refractivity contribution in [3.8, 4) is 5.75 Å². The average Bonchev–Trinajstić information content (AvgIpc) is 2.39. The number of ether oxygens (including phenoxy) is 1. The van der Waals surface area contributed by atoms with Gasteiger partial charge in [-0.3, -0.25) is 0 Å². The fourth-order valence-corrected chi connectivity index (χ4v) is 2.97. The van der Waals surface area contributed by atoms with Gasteiger partial charge in [-0.15, -0.1) is 0 Å². The molecule has 21 heavy (non-hydrogen) atoms. The highest BCUT2D eigenvalue weighted by atomic mass is 35.5. The van der Waals surface area contributed by atoms with Gasteiger partial charge >= 0.3 is 0 Å². The number of sulfone groups is 1. The van der Waals surface area contributed by atoms with Gasteiger partial charge in [-0.25, -0.2) is 8.42 Å². The Morgan fingerprint density at radius 1 is 1.38 bits per heavy atom. The van der Waals surface area contributed by atoms with Gasteiger partial charge in [-0.1, -0.05) is 24.6 Å². The molecular weight excluding hydrogens is 310 g/mol. The standard InChI is InChI=1S/C15H24ClNO3S/c1-6-9-17-14(15(2,3)21(5,18)19)11-7-8-12(16)13(10-11)20-4/h7-8,10,14,17H,6,9H2,1-5H3. The van der Waals surface area contributed by atoms with Crippen LogP contribution in [0.25, 0.3) is 0 Å². The number of benzene rings is 1. The van der Waals surface area contributed by atoms with Gasteiger partial charge in [0.05, 0.1) is 22.9 Å². The fraction of sp³-hybridized carbons (Fsp3) is 0.600. The summed E-state index contributed by atoms with van der Waals surface area (Å²) in [7, 11) is -1.70. The van der Waals surface area contributed by atoms with E-state index in [4.69, 9.17) is 16.3 Å². The maximum atomic E-state index is 12.2. The molecule has 1 unspecified atom stereocenters. The van der Waals surface area contributed by atoms with Gasteiger partial charge in [0.2, 0.25) is 0 Å². The van der Waals surface area contributed by atoms with Gasteiger partial charge in [0.25, 0.3) is 0 Å². The topological polar surface area (TPSA) is 55.4 Å². The summed E-state index contributed by atoms with van der Waals surface area (Å²) in [5.74, 6) is 0.543. The second-order valence-corrected chi connectivity index (χ2v) is 8.66. The normalized spacial score (nSPS) is 14.0. The summed E-state index contributed by atoms with van der Waals surface area (Å²) in [6.07, 6.45) is 2.18. The highest BCUT2D eigenvalue weighted by molar-refractivity contribution is 7.92. The van der Waals surface area contributed by atoms with Gasteiger partial charge < -0.3 is 10.1 Å². The van der Waals surface area contributed by atoms with Crippen LogP contribution in [0.3, 0.4) is 0 Å². The summed E-state index contributed by atoms with van der Waals surface area (Å²) >= 11 is 6.05. The lowest BCUT2D eigenvalue weighted by molar-refractivity contribution is 0.403. The van der Waals surface area contributed by atoms with Crippen LogP contribution in [0, 0.1) is 0 Å². The molecule has 1 aromatic rings. The molecule has 6 heteroatoms. The van der Waals surface area contributed by atoms with Gasteiger partial charge in [-0.2, -0.15) is 0 Å². The first-order chi connectivity index (χ1) is 9.65. The first kappa shape index (κ1) is 18.3. The van der Waals surface area contributed by atoms with Crippen LogP contribution in [-0.4, -0.2) is 33.1 Å². The van der Waals surface area contributed by atoms with E-state index in [9.17, 15) is 8.42 Å². The fourth-order valence-electron chi connectivity index (χ4n) is 2.12. The zero-order chi connectivity index (χ0) is 16.3. The van der Waals surface area contributed by atoms with E-state index >= 15 is 0 Å². The molecule has 0 aromatic heterocycles. The Balaban J connectivity index is 3.32. The van der Waals surface area contributed by atoms with Crippen LogP contribution in [0.15, 0.2) is 18.2 Å². The quantitative estimate of drug-likeness (QED) is 0.832. The molecule has 0 aliphatic heterocycles. The Hall–Kier alpha value is -0.780. The molecular formula is C15H24ClNO3S. The summed E-state index contributed by atoms with van der Waals surface area (Å²) < 4.78 is 28.6. The van der Waals surface area contributed by atoms with E-state index in [-0.39, 0.29) is 6.04 Å².